The minimum atomic E-state index is 0. The molecule has 1 amide bonds. The lowest BCUT2D eigenvalue weighted by Gasteiger charge is -2.33. The van der Waals surface area contributed by atoms with Gasteiger partial charge in [0.1, 0.15) is 0 Å². The third-order valence-corrected chi connectivity index (χ3v) is 5.23. The minimum Gasteiger partial charge on any atom is -0.379 e. The molecule has 2 rings (SSSR count). The maximum atomic E-state index is 11.7. The Morgan fingerprint density at radius 2 is 2.11 bits per heavy atom. The fraction of sp³-hybridized carbons (Fsp3) is 0.667. The number of rotatable bonds is 8. The summed E-state index contributed by atoms with van der Waals surface area (Å²) in [6, 6.07) is 4.53. The highest BCUT2D eigenvalue weighted by atomic mass is 127. The van der Waals surface area contributed by atoms with Gasteiger partial charge < -0.3 is 20.3 Å². The molecule has 1 saturated heterocycles. The van der Waals surface area contributed by atoms with Crippen LogP contribution in [0.4, 0.5) is 0 Å². The van der Waals surface area contributed by atoms with Crippen LogP contribution in [0, 0.1) is 0 Å². The van der Waals surface area contributed by atoms with Crippen LogP contribution >= 0.6 is 35.3 Å². The van der Waals surface area contributed by atoms with Crippen molar-refractivity contribution in [3.8, 4) is 0 Å². The molecular formula is C18H32IN5O2S. The lowest BCUT2D eigenvalue weighted by atomic mass is 10.2. The lowest BCUT2D eigenvalue weighted by Crippen LogP contribution is -2.42. The van der Waals surface area contributed by atoms with Gasteiger partial charge in [-0.15, -0.1) is 35.3 Å². The van der Waals surface area contributed by atoms with E-state index in [4.69, 9.17) is 9.73 Å². The number of aliphatic imine (C=N–C) groups is 1. The van der Waals surface area contributed by atoms with Crippen molar-refractivity contribution in [1.29, 1.82) is 0 Å². The van der Waals surface area contributed by atoms with Gasteiger partial charge in [0, 0.05) is 51.6 Å². The molecule has 1 aliphatic heterocycles. The Morgan fingerprint density at radius 1 is 1.37 bits per heavy atom. The molecule has 1 aliphatic rings. The largest absolute Gasteiger partial charge is 0.379 e. The Hall–Kier alpha value is -0.910. The summed E-state index contributed by atoms with van der Waals surface area (Å²) in [5.41, 5.74) is 0. The number of morpholine rings is 1. The van der Waals surface area contributed by atoms with Crippen molar-refractivity contribution in [2.24, 2.45) is 4.99 Å². The van der Waals surface area contributed by atoms with Gasteiger partial charge in [0.15, 0.2) is 5.96 Å². The molecule has 0 spiro atoms. The average Bonchev–Trinajstić information content (AvgIpc) is 3.17. The monoisotopic (exact) mass is 509 g/mol. The average molecular weight is 509 g/mol. The van der Waals surface area contributed by atoms with Crippen molar-refractivity contribution in [1.82, 2.24) is 20.4 Å². The van der Waals surface area contributed by atoms with Crippen LogP contribution in [-0.2, 0) is 9.53 Å². The molecule has 0 aliphatic carbocycles. The number of halogens is 1. The lowest BCUT2D eigenvalue weighted by molar-refractivity contribution is -0.128. The first-order valence-electron chi connectivity index (χ1n) is 9.19. The molecule has 0 bridgehead atoms. The van der Waals surface area contributed by atoms with E-state index in [9.17, 15) is 4.79 Å². The number of amides is 1. The Balaban J connectivity index is 0.00000364. The fourth-order valence-corrected chi connectivity index (χ4v) is 3.64. The predicted octanol–water partition coefficient (Wildman–Crippen LogP) is 1.77. The fourth-order valence-electron chi connectivity index (χ4n) is 2.79. The summed E-state index contributed by atoms with van der Waals surface area (Å²) in [5.74, 6) is 0.868. The molecular weight excluding hydrogens is 477 g/mol. The van der Waals surface area contributed by atoms with Crippen molar-refractivity contribution in [2.45, 2.75) is 19.4 Å². The zero-order valence-electron chi connectivity index (χ0n) is 16.4. The molecule has 1 fully saturated rings. The van der Waals surface area contributed by atoms with Crippen LogP contribution in [0.3, 0.4) is 0 Å². The summed E-state index contributed by atoms with van der Waals surface area (Å²) in [6.45, 7) is 7.49. The third-order valence-electron chi connectivity index (χ3n) is 4.25. The third kappa shape index (κ3) is 8.32. The predicted molar refractivity (Wildman–Crippen MR) is 122 cm³/mol. The van der Waals surface area contributed by atoms with E-state index in [0.29, 0.717) is 19.5 Å². The number of hydrogen-bond acceptors (Lipinski definition) is 5. The van der Waals surface area contributed by atoms with Crippen molar-refractivity contribution in [2.75, 3.05) is 60.0 Å². The van der Waals surface area contributed by atoms with E-state index >= 15 is 0 Å². The van der Waals surface area contributed by atoms with Gasteiger partial charge >= 0.3 is 0 Å². The number of carbonyl (C=O) groups is 1. The van der Waals surface area contributed by atoms with Crippen LogP contribution in [0.1, 0.15) is 24.3 Å². The van der Waals surface area contributed by atoms with Crippen molar-refractivity contribution in [3.05, 3.63) is 22.4 Å². The van der Waals surface area contributed by atoms with Crippen LogP contribution in [0.5, 0.6) is 0 Å². The Labute approximate surface area is 183 Å². The number of ether oxygens (including phenoxy) is 1. The number of thiophene rings is 1. The molecule has 27 heavy (non-hydrogen) atoms. The normalized spacial score (nSPS) is 16.3. The van der Waals surface area contributed by atoms with Crippen LogP contribution in [-0.4, -0.2) is 81.7 Å². The molecule has 0 aromatic carbocycles. The van der Waals surface area contributed by atoms with Gasteiger partial charge in [0.05, 0.1) is 25.8 Å². The number of carbonyl (C=O) groups excluding carboxylic acids is 1. The number of nitrogens with zero attached hydrogens (tertiary/aromatic N) is 3. The number of nitrogens with one attached hydrogen (secondary N) is 2. The quantitative estimate of drug-likeness (QED) is 0.318. The van der Waals surface area contributed by atoms with Crippen LogP contribution < -0.4 is 10.6 Å². The van der Waals surface area contributed by atoms with Gasteiger partial charge in [0.25, 0.3) is 0 Å². The van der Waals surface area contributed by atoms with E-state index in [-0.39, 0.29) is 35.9 Å². The molecule has 1 aromatic rings. The highest BCUT2D eigenvalue weighted by Gasteiger charge is 2.23. The van der Waals surface area contributed by atoms with Crippen molar-refractivity contribution < 1.29 is 9.53 Å². The standard InChI is InChI=1S/C18H31N5O2S.HI/c1-4-19-18(20-8-7-17(24)22(2)3)21-14-15(16-6-5-13-26-16)23-9-11-25-12-10-23;/h5-6,13,15H,4,7-12,14H2,1-3H3,(H2,19,20,21);1H. The summed E-state index contributed by atoms with van der Waals surface area (Å²) in [7, 11) is 3.55. The summed E-state index contributed by atoms with van der Waals surface area (Å²) >= 11 is 1.77. The Morgan fingerprint density at radius 3 is 2.70 bits per heavy atom. The molecule has 1 aromatic heterocycles. The van der Waals surface area contributed by atoms with Gasteiger partial charge in [-0.1, -0.05) is 6.07 Å². The molecule has 2 N–H and O–H groups in total. The summed E-state index contributed by atoms with van der Waals surface area (Å²) in [6.07, 6.45) is 0.454. The second-order valence-electron chi connectivity index (χ2n) is 6.36. The molecule has 9 heteroatoms. The molecule has 1 unspecified atom stereocenters. The molecule has 7 nitrogen and oxygen atoms in total. The van der Waals surface area contributed by atoms with E-state index < -0.39 is 0 Å². The van der Waals surface area contributed by atoms with Gasteiger partial charge in [-0.3, -0.25) is 14.7 Å². The first-order chi connectivity index (χ1) is 12.6. The van der Waals surface area contributed by atoms with Gasteiger partial charge in [-0.25, -0.2) is 0 Å². The SMILES string of the molecule is CCNC(=NCC(c1cccs1)N1CCOCC1)NCCC(=O)N(C)C.I. The first-order valence-corrected chi connectivity index (χ1v) is 10.1. The summed E-state index contributed by atoms with van der Waals surface area (Å²) in [4.78, 5) is 21.9. The summed E-state index contributed by atoms with van der Waals surface area (Å²) in [5, 5.41) is 8.64. The Kier molecular flexibility index (Phi) is 11.9. The van der Waals surface area contributed by atoms with E-state index in [1.165, 1.54) is 4.88 Å². The number of hydrogen-bond donors (Lipinski definition) is 2. The smallest absolute Gasteiger partial charge is 0.223 e. The van der Waals surface area contributed by atoms with Gasteiger partial charge in [-0.05, 0) is 18.4 Å². The van der Waals surface area contributed by atoms with Crippen LogP contribution in [0.2, 0.25) is 0 Å². The van der Waals surface area contributed by atoms with Gasteiger partial charge in [0.2, 0.25) is 5.91 Å². The maximum absolute atomic E-state index is 11.7. The van der Waals surface area contributed by atoms with Crippen molar-refractivity contribution in [3.63, 3.8) is 0 Å². The highest BCUT2D eigenvalue weighted by Crippen LogP contribution is 2.26. The van der Waals surface area contributed by atoms with Gasteiger partial charge in [-0.2, -0.15) is 0 Å². The molecule has 1 atom stereocenters. The topological polar surface area (TPSA) is 69.2 Å². The highest BCUT2D eigenvalue weighted by molar-refractivity contribution is 14.0. The molecule has 0 radical (unpaired) electrons. The van der Waals surface area contributed by atoms with Crippen molar-refractivity contribution >= 4 is 47.2 Å². The minimum absolute atomic E-state index is 0. The zero-order valence-corrected chi connectivity index (χ0v) is 19.6. The first kappa shape index (κ1) is 24.1. The zero-order chi connectivity index (χ0) is 18.8. The second-order valence-corrected chi connectivity index (χ2v) is 7.34. The second kappa shape index (κ2) is 13.3. The number of guanidine groups is 1. The summed E-state index contributed by atoms with van der Waals surface area (Å²) < 4.78 is 5.49. The van der Waals surface area contributed by atoms with E-state index in [2.05, 4.69) is 33.0 Å². The van der Waals surface area contributed by atoms with Crippen LogP contribution in [0.15, 0.2) is 22.5 Å². The molecule has 0 saturated carbocycles. The Bertz CT molecular complexity index is 562. The molecule has 154 valence electrons. The van der Waals surface area contributed by atoms with E-state index in [1.807, 2.05) is 6.92 Å². The molecule has 2 heterocycles. The van der Waals surface area contributed by atoms with Crippen LogP contribution in [0.25, 0.3) is 0 Å². The van der Waals surface area contributed by atoms with E-state index in [1.54, 1.807) is 30.3 Å². The maximum Gasteiger partial charge on any atom is 0.223 e. The van der Waals surface area contributed by atoms with E-state index in [0.717, 1.165) is 38.8 Å².